The number of carbonyl (C=O) groups excluding carboxylic acids is 1. The van der Waals surface area contributed by atoms with Crippen LogP contribution in [0.4, 0.5) is 4.39 Å². The molecule has 1 heterocycles. The zero-order chi connectivity index (χ0) is 11.4. The Bertz CT molecular complexity index is 359. The van der Waals surface area contributed by atoms with E-state index in [0.717, 1.165) is 6.20 Å². The Morgan fingerprint density at radius 1 is 1.73 bits per heavy atom. The summed E-state index contributed by atoms with van der Waals surface area (Å²) in [5.74, 6) is -0.919. The van der Waals surface area contributed by atoms with E-state index in [4.69, 9.17) is 0 Å². The number of pyridine rings is 1. The van der Waals surface area contributed by atoms with E-state index in [-0.39, 0.29) is 17.5 Å². The lowest BCUT2D eigenvalue weighted by Gasteiger charge is -2.23. The van der Waals surface area contributed by atoms with Crippen LogP contribution in [0.2, 0.25) is 0 Å². The third kappa shape index (κ3) is 2.75. The summed E-state index contributed by atoms with van der Waals surface area (Å²) in [5, 5.41) is 0.655. The van der Waals surface area contributed by atoms with Crippen molar-refractivity contribution < 1.29 is 9.18 Å². The lowest BCUT2D eigenvalue weighted by atomic mass is 10.2. The standard InChI is InChI=1S/C10H12BrFN2O/c1-7(5-11)14(2)10(15)8-3-4-13-6-9(8)12/h3-4,6-7H,5H2,1-2H3. The average Bonchev–Trinajstić information content (AvgIpc) is 2.26. The zero-order valence-electron chi connectivity index (χ0n) is 8.58. The number of hydrogen-bond donors (Lipinski definition) is 0. The Morgan fingerprint density at radius 2 is 2.40 bits per heavy atom. The van der Waals surface area contributed by atoms with Crippen molar-refractivity contribution in [3.05, 3.63) is 29.8 Å². The molecule has 0 aliphatic carbocycles. The van der Waals surface area contributed by atoms with E-state index in [1.807, 2.05) is 6.92 Å². The van der Waals surface area contributed by atoms with Crippen LogP contribution in [0.25, 0.3) is 0 Å². The van der Waals surface area contributed by atoms with Gasteiger partial charge in [-0.3, -0.25) is 9.78 Å². The number of halogens is 2. The molecular formula is C10H12BrFN2O. The van der Waals surface area contributed by atoms with Crippen LogP contribution in [0, 0.1) is 5.82 Å². The van der Waals surface area contributed by atoms with Crippen LogP contribution in [-0.2, 0) is 0 Å². The highest BCUT2D eigenvalue weighted by Gasteiger charge is 2.19. The van der Waals surface area contributed by atoms with Crippen LogP contribution in [0.5, 0.6) is 0 Å². The normalized spacial score (nSPS) is 12.3. The molecular weight excluding hydrogens is 263 g/mol. The fourth-order valence-electron chi connectivity index (χ4n) is 1.04. The topological polar surface area (TPSA) is 33.2 Å². The number of hydrogen-bond acceptors (Lipinski definition) is 2. The van der Waals surface area contributed by atoms with E-state index < -0.39 is 5.82 Å². The van der Waals surface area contributed by atoms with Crippen LogP contribution in [0.15, 0.2) is 18.5 Å². The van der Waals surface area contributed by atoms with Crippen molar-refractivity contribution in [3.8, 4) is 0 Å². The maximum absolute atomic E-state index is 13.2. The van der Waals surface area contributed by atoms with Gasteiger partial charge in [0.15, 0.2) is 5.82 Å². The minimum Gasteiger partial charge on any atom is -0.338 e. The molecule has 1 rings (SSSR count). The molecule has 3 nitrogen and oxygen atoms in total. The molecule has 0 radical (unpaired) electrons. The predicted molar refractivity (Wildman–Crippen MR) is 59.5 cm³/mol. The van der Waals surface area contributed by atoms with Crippen molar-refractivity contribution in [2.45, 2.75) is 13.0 Å². The van der Waals surface area contributed by atoms with Crippen LogP contribution in [0.1, 0.15) is 17.3 Å². The van der Waals surface area contributed by atoms with Crippen molar-refractivity contribution >= 4 is 21.8 Å². The number of amides is 1. The summed E-state index contributed by atoms with van der Waals surface area (Å²) < 4.78 is 13.2. The van der Waals surface area contributed by atoms with Crippen molar-refractivity contribution in [2.24, 2.45) is 0 Å². The molecule has 1 atom stereocenters. The molecule has 0 fully saturated rings. The Balaban J connectivity index is 2.90. The Morgan fingerprint density at radius 3 is 2.93 bits per heavy atom. The average molecular weight is 275 g/mol. The van der Waals surface area contributed by atoms with Crippen molar-refractivity contribution in [1.29, 1.82) is 0 Å². The molecule has 0 bridgehead atoms. The predicted octanol–water partition coefficient (Wildman–Crippen LogP) is 2.08. The molecule has 5 heteroatoms. The molecule has 1 unspecified atom stereocenters. The largest absolute Gasteiger partial charge is 0.338 e. The first-order valence-corrected chi connectivity index (χ1v) is 5.62. The van der Waals surface area contributed by atoms with Gasteiger partial charge in [0.05, 0.1) is 11.8 Å². The SMILES string of the molecule is CC(CBr)N(C)C(=O)c1ccncc1F. The highest BCUT2D eigenvalue weighted by atomic mass is 79.9. The Kier molecular flexibility index (Phi) is 4.20. The van der Waals surface area contributed by atoms with Crippen molar-refractivity contribution in [1.82, 2.24) is 9.88 Å². The highest BCUT2D eigenvalue weighted by Crippen LogP contribution is 2.10. The fourth-order valence-corrected chi connectivity index (χ4v) is 1.48. The monoisotopic (exact) mass is 274 g/mol. The van der Waals surface area contributed by atoms with Gasteiger partial charge in [-0.25, -0.2) is 4.39 Å². The van der Waals surface area contributed by atoms with Crippen molar-refractivity contribution in [3.63, 3.8) is 0 Å². The highest BCUT2D eigenvalue weighted by molar-refractivity contribution is 9.09. The summed E-state index contributed by atoms with van der Waals surface area (Å²) in [6.07, 6.45) is 2.45. The smallest absolute Gasteiger partial charge is 0.256 e. The molecule has 0 spiro atoms. The first-order chi connectivity index (χ1) is 7.07. The minimum atomic E-state index is -0.587. The maximum Gasteiger partial charge on any atom is 0.256 e. The molecule has 15 heavy (non-hydrogen) atoms. The van der Waals surface area contributed by atoms with Gasteiger partial charge in [0.25, 0.3) is 5.91 Å². The van der Waals surface area contributed by atoms with Gasteiger partial charge in [0.1, 0.15) is 0 Å². The molecule has 0 aromatic carbocycles. The van der Waals surface area contributed by atoms with E-state index in [1.165, 1.54) is 17.2 Å². The summed E-state index contributed by atoms with van der Waals surface area (Å²) in [6.45, 7) is 1.88. The number of carbonyl (C=O) groups is 1. The molecule has 0 saturated carbocycles. The lowest BCUT2D eigenvalue weighted by Crippen LogP contribution is -2.36. The summed E-state index contributed by atoms with van der Waals surface area (Å²) >= 11 is 3.27. The van der Waals surface area contributed by atoms with Gasteiger partial charge in [-0.05, 0) is 13.0 Å². The van der Waals surface area contributed by atoms with Gasteiger partial charge in [-0.1, -0.05) is 15.9 Å². The summed E-state index contributed by atoms with van der Waals surface area (Å²) in [5.41, 5.74) is 0.0558. The van der Waals surface area contributed by atoms with Gasteiger partial charge in [-0.15, -0.1) is 0 Å². The Hall–Kier alpha value is -0.970. The maximum atomic E-state index is 13.2. The second-order valence-electron chi connectivity index (χ2n) is 3.27. The molecule has 0 N–H and O–H groups in total. The van der Waals surface area contributed by atoms with E-state index in [0.29, 0.717) is 5.33 Å². The Labute approximate surface area is 96.4 Å². The third-order valence-corrected chi connectivity index (χ3v) is 3.14. The van der Waals surface area contributed by atoms with E-state index >= 15 is 0 Å². The minimum absolute atomic E-state index is 0.0186. The van der Waals surface area contributed by atoms with Crippen LogP contribution in [-0.4, -0.2) is 34.2 Å². The number of rotatable bonds is 3. The van der Waals surface area contributed by atoms with Gasteiger partial charge in [-0.2, -0.15) is 0 Å². The van der Waals surface area contributed by atoms with Gasteiger partial charge in [0.2, 0.25) is 0 Å². The fraction of sp³-hybridized carbons (Fsp3) is 0.400. The van der Waals surface area contributed by atoms with E-state index in [2.05, 4.69) is 20.9 Å². The number of aromatic nitrogens is 1. The molecule has 0 aliphatic heterocycles. The quantitative estimate of drug-likeness (QED) is 0.791. The first-order valence-electron chi connectivity index (χ1n) is 4.50. The lowest BCUT2D eigenvalue weighted by molar-refractivity contribution is 0.0753. The summed E-state index contributed by atoms with van der Waals surface area (Å²) in [7, 11) is 1.65. The molecule has 1 amide bonds. The van der Waals surface area contributed by atoms with Gasteiger partial charge >= 0.3 is 0 Å². The molecule has 0 saturated heterocycles. The van der Waals surface area contributed by atoms with E-state index in [9.17, 15) is 9.18 Å². The zero-order valence-corrected chi connectivity index (χ0v) is 10.2. The molecule has 82 valence electrons. The van der Waals surface area contributed by atoms with Crippen LogP contribution in [0.3, 0.4) is 0 Å². The second kappa shape index (κ2) is 5.21. The van der Waals surface area contributed by atoms with Gasteiger partial charge < -0.3 is 4.90 Å². The number of nitrogens with zero attached hydrogens (tertiary/aromatic N) is 2. The number of alkyl halides is 1. The second-order valence-corrected chi connectivity index (χ2v) is 3.92. The van der Waals surface area contributed by atoms with Crippen LogP contribution >= 0.6 is 15.9 Å². The molecule has 0 aliphatic rings. The van der Waals surface area contributed by atoms with Crippen molar-refractivity contribution in [2.75, 3.05) is 12.4 Å². The first kappa shape index (κ1) is 12.1. The summed E-state index contributed by atoms with van der Waals surface area (Å²) in [6, 6.07) is 1.40. The third-order valence-electron chi connectivity index (χ3n) is 2.21. The van der Waals surface area contributed by atoms with E-state index in [1.54, 1.807) is 7.05 Å². The van der Waals surface area contributed by atoms with Crippen LogP contribution < -0.4 is 0 Å². The summed E-state index contributed by atoms with van der Waals surface area (Å²) in [4.78, 5) is 16.9. The molecule has 1 aromatic rings. The van der Waals surface area contributed by atoms with Gasteiger partial charge in [0, 0.05) is 24.6 Å². The molecule has 1 aromatic heterocycles.